The Balaban J connectivity index is 2.37. The average Bonchev–Trinajstić information content (AvgIpc) is 2.72. The molecule has 1 aromatic carbocycles. The molecular weight excluding hydrogens is 346 g/mol. The highest BCUT2D eigenvalue weighted by atomic mass is 19.4. The fourth-order valence-corrected chi connectivity index (χ4v) is 2.30. The molecule has 1 aliphatic rings. The summed E-state index contributed by atoms with van der Waals surface area (Å²) in [6.45, 7) is 2.99. The van der Waals surface area contributed by atoms with Gasteiger partial charge in [-0.25, -0.2) is 9.18 Å². The molecule has 2 N–H and O–H groups in total. The van der Waals surface area contributed by atoms with E-state index in [2.05, 4.69) is 0 Å². The predicted octanol–water partition coefficient (Wildman–Crippen LogP) is 2.02. The van der Waals surface area contributed by atoms with Gasteiger partial charge < -0.3 is 5.32 Å². The summed E-state index contributed by atoms with van der Waals surface area (Å²) in [5.41, 5.74) is -3.86. The largest absolute Gasteiger partial charge is 0.440 e. The molecular formula is C15H15F4N3O3. The second-order valence-electron chi connectivity index (χ2n) is 5.95. The molecule has 0 unspecified atom stereocenters. The predicted molar refractivity (Wildman–Crippen MR) is 77.7 cm³/mol. The summed E-state index contributed by atoms with van der Waals surface area (Å²) < 4.78 is 53.5. The number of carbonyl (C=O) groups is 3. The van der Waals surface area contributed by atoms with Crippen LogP contribution in [-0.4, -0.2) is 41.1 Å². The number of imide groups is 1. The van der Waals surface area contributed by atoms with E-state index in [1.165, 1.54) is 5.32 Å². The first-order valence-electron chi connectivity index (χ1n) is 7.27. The molecule has 1 aromatic rings. The molecule has 2 rings (SSSR count). The van der Waals surface area contributed by atoms with Crippen molar-refractivity contribution in [2.75, 3.05) is 6.54 Å². The van der Waals surface area contributed by atoms with Crippen LogP contribution in [0.15, 0.2) is 24.3 Å². The number of amides is 4. The molecule has 0 aromatic heterocycles. The fourth-order valence-electron chi connectivity index (χ4n) is 2.30. The van der Waals surface area contributed by atoms with Gasteiger partial charge in [0, 0.05) is 12.1 Å². The van der Waals surface area contributed by atoms with Crippen molar-refractivity contribution in [2.24, 2.45) is 5.92 Å². The molecule has 0 saturated carbocycles. The maximum Gasteiger partial charge on any atom is 0.440 e. The van der Waals surface area contributed by atoms with E-state index in [9.17, 15) is 31.9 Å². The van der Waals surface area contributed by atoms with Crippen LogP contribution in [0.3, 0.4) is 0 Å². The van der Waals surface area contributed by atoms with Crippen molar-refractivity contribution in [3.8, 4) is 0 Å². The quantitative estimate of drug-likeness (QED) is 0.636. The van der Waals surface area contributed by atoms with Gasteiger partial charge >= 0.3 is 12.2 Å². The van der Waals surface area contributed by atoms with Crippen LogP contribution >= 0.6 is 0 Å². The Kier molecular flexibility index (Phi) is 4.74. The Morgan fingerprint density at radius 3 is 2.28 bits per heavy atom. The molecule has 0 radical (unpaired) electrons. The topological polar surface area (TPSA) is 78.5 Å². The molecule has 0 bridgehead atoms. The maximum absolute atomic E-state index is 13.6. The van der Waals surface area contributed by atoms with Crippen LogP contribution in [0.4, 0.5) is 22.4 Å². The molecule has 136 valence electrons. The summed E-state index contributed by atoms with van der Waals surface area (Å²) in [5.74, 6) is -3.85. The van der Waals surface area contributed by atoms with Crippen molar-refractivity contribution in [3.63, 3.8) is 0 Å². The van der Waals surface area contributed by atoms with E-state index >= 15 is 0 Å². The van der Waals surface area contributed by atoms with E-state index in [1.807, 2.05) is 0 Å². The standard InChI is InChI=1S/C15H15F4N3O3/c1-8(2)7-22-12(24)14(15(17,18)19,21-13(22)25)20-11(23)9-3-5-10(16)6-4-9/h3-6,8H,7H2,1-2H3,(H,20,23)(H,21,25)/t14-/m0/s1. The zero-order chi connectivity index (χ0) is 19.0. The number of nitrogens with zero attached hydrogens (tertiary/aromatic N) is 1. The van der Waals surface area contributed by atoms with Crippen molar-refractivity contribution in [1.82, 2.24) is 15.5 Å². The Labute approximate surface area is 140 Å². The van der Waals surface area contributed by atoms with Gasteiger partial charge in [-0.05, 0) is 30.2 Å². The Hall–Kier alpha value is -2.65. The van der Waals surface area contributed by atoms with Crippen molar-refractivity contribution in [3.05, 3.63) is 35.6 Å². The molecule has 6 nitrogen and oxygen atoms in total. The molecule has 0 aliphatic carbocycles. The fraction of sp³-hybridized carbons (Fsp3) is 0.400. The van der Waals surface area contributed by atoms with Gasteiger partial charge in [0.15, 0.2) is 0 Å². The zero-order valence-electron chi connectivity index (χ0n) is 13.3. The van der Waals surface area contributed by atoms with Crippen LogP contribution < -0.4 is 10.6 Å². The summed E-state index contributed by atoms with van der Waals surface area (Å²) in [6.07, 6.45) is -5.28. The summed E-state index contributed by atoms with van der Waals surface area (Å²) in [5, 5.41) is 3.07. The molecule has 1 atom stereocenters. The minimum Gasteiger partial charge on any atom is -0.314 e. The summed E-state index contributed by atoms with van der Waals surface area (Å²) in [4.78, 5) is 36.6. The molecule has 25 heavy (non-hydrogen) atoms. The van der Waals surface area contributed by atoms with Crippen LogP contribution in [0.5, 0.6) is 0 Å². The van der Waals surface area contributed by atoms with Crippen LogP contribution in [-0.2, 0) is 4.79 Å². The monoisotopic (exact) mass is 361 g/mol. The molecule has 4 amide bonds. The number of urea groups is 1. The number of alkyl halides is 3. The lowest BCUT2D eigenvalue weighted by atomic mass is 10.1. The van der Waals surface area contributed by atoms with E-state index in [-0.39, 0.29) is 18.0 Å². The van der Waals surface area contributed by atoms with Crippen molar-refractivity contribution in [1.29, 1.82) is 0 Å². The van der Waals surface area contributed by atoms with Crippen LogP contribution in [0.2, 0.25) is 0 Å². The summed E-state index contributed by atoms with van der Waals surface area (Å²) >= 11 is 0. The van der Waals surface area contributed by atoms with Gasteiger partial charge in [0.05, 0.1) is 0 Å². The summed E-state index contributed by atoms with van der Waals surface area (Å²) in [7, 11) is 0. The third-order valence-corrected chi connectivity index (χ3v) is 3.49. The minimum absolute atomic E-state index is 0.241. The van der Waals surface area contributed by atoms with E-state index in [1.54, 1.807) is 19.2 Å². The maximum atomic E-state index is 13.6. The normalized spacial score (nSPS) is 20.8. The molecule has 1 aliphatic heterocycles. The van der Waals surface area contributed by atoms with Crippen molar-refractivity contribution >= 4 is 17.8 Å². The molecule has 1 heterocycles. The highest BCUT2D eigenvalue weighted by molar-refractivity contribution is 6.10. The highest BCUT2D eigenvalue weighted by Crippen LogP contribution is 2.34. The Bertz CT molecular complexity index is 703. The SMILES string of the molecule is CC(C)CN1C(=O)N[C@](NC(=O)c2ccc(F)cc2)(C(F)(F)F)C1=O. The van der Waals surface area contributed by atoms with Gasteiger partial charge in [-0.15, -0.1) is 0 Å². The smallest absolute Gasteiger partial charge is 0.314 e. The lowest BCUT2D eigenvalue weighted by molar-refractivity contribution is -0.200. The van der Waals surface area contributed by atoms with Gasteiger partial charge in [0.2, 0.25) is 0 Å². The van der Waals surface area contributed by atoms with Gasteiger partial charge in [0.25, 0.3) is 17.5 Å². The van der Waals surface area contributed by atoms with E-state index in [4.69, 9.17) is 0 Å². The van der Waals surface area contributed by atoms with Crippen molar-refractivity contribution in [2.45, 2.75) is 25.7 Å². The van der Waals surface area contributed by atoms with Gasteiger partial charge in [-0.1, -0.05) is 13.8 Å². The number of hydrogen-bond donors (Lipinski definition) is 2. The first kappa shape index (κ1) is 18.7. The Morgan fingerprint density at radius 2 is 1.80 bits per heavy atom. The third kappa shape index (κ3) is 3.42. The van der Waals surface area contributed by atoms with Crippen LogP contribution in [0.1, 0.15) is 24.2 Å². The van der Waals surface area contributed by atoms with E-state index < -0.39 is 35.5 Å². The molecule has 0 spiro atoms. The number of rotatable bonds is 4. The average molecular weight is 361 g/mol. The van der Waals surface area contributed by atoms with Crippen LogP contribution in [0.25, 0.3) is 0 Å². The highest BCUT2D eigenvalue weighted by Gasteiger charge is 2.68. The Morgan fingerprint density at radius 1 is 1.24 bits per heavy atom. The van der Waals surface area contributed by atoms with E-state index in [0.29, 0.717) is 4.90 Å². The van der Waals surface area contributed by atoms with Crippen LogP contribution in [0, 0.1) is 11.7 Å². The first-order chi connectivity index (χ1) is 11.5. The van der Waals surface area contributed by atoms with Gasteiger partial charge in [-0.3, -0.25) is 19.8 Å². The number of nitrogens with one attached hydrogen (secondary N) is 2. The third-order valence-electron chi connectivity index (χ3n) is 3.49. The van der Waals surface area contributed by atoms with Gasteiger partial charge in [-0.2, -0.15) is 13.2 Å². The number of carbonyl (C=O) groups excluding carboxylic acids is 3. The first-order valence-corrected chi connectivity index (χ1v) is 7.27. The lowest BCUT2D eigenvalue weighted by Crippen LogP contribution is -2.69. The minimum atomic E-state index is -5.28. The molecule has 10 heteroatoms. The number of hydrogen-bond acceptors (Lipinski definition) is 3. The van der Waals surface area contributed by atoms with Gasteiger partial charge in [0.1, 0.15) is 5.82 Å². The second-order valence-corrected chi connectivity index (χ2v) is 5.95. The zero-order valence-corrected chi connectivity index (χ0v) is 13.3. The van der Waals surface area contributed by atoms with Crippen molar-refractivity contribution < 1.29 is 31.9 Å². The molecule has 1 fully saturated rings. The second kappa shape index (κ2) is 6.34. The van der Waals surface area contributed by atoms with E-state index in [0.717, 1.165) is 24.3 Å². The number of benzene rings is 1. The lowest BCUT2D eigenvalue weighted by Gasteiger charge is -2.30. The number of halogens is 4. The molecule has 1 saturated heterocycles. The summed E-state index contributed by atoms with van der Waals surface area (Å²) in [6, 6.07) is 2.43.